The van der Waals surface area contributed by atoms with Crippen molar-refractivity contribution in [1.29, 1.82) is 0 Å². The summed E-state index contributed by atoms with van der Waals surface area (Å²) in [5.74, 6) is -0.857. The number of benzene rings is 2. The SMILES string of the molecule is COC(=O)c1ccccc1NC(=O)c1cncc(N(C)Cc2ccccc2)c1. The van der Waals surface area contributed by atoms with E-state index in [4.69, 9.17) is 4.74 Å². The fourth-order valence-corrected chi connectivity index (χ4v) is 2.78. The predicted molar refractivity (Wildman–Crippen MR) is 109 cm³/mol. The normalized spacial score (nSPS) is 10.2. The lowest BCUT2D eigenvalue weighted by molar-refractivity contribution is 0.0602. The number of esters is 1. The van der Waals surface area contributed by atoms with Gasteiger partial charge in [-0.3, -0.25) is 9.78 Å². The van der Waals surface area contributed by atoms with Crippen LogP contribution in [-0.2, 0) is 11.3 Å². The molecule has 0 aliphatic heterocycles. The van der Waals surface area contributed by atoms with Gasteiger partial charge in [0.05, 0.1) is 35.8 Å². The van der Waals surface area contributed by atoms with Crippen LogP contribution in [0, 0.1) is 0 Å². The van der Waals surface area contributed by atoms with Gasteiger partial charge in [-0.15, -0.1) is 0 Å². The molecule has 2 aromatic carbocycles. The van der Waals surface area contributed by atoms with E-state index in [1.807, 2.05) is 42.3 Å². The van der Waals surface area contributed by atoms with E-state index in [0.717, 1.165) is 11.3 Å². The van der Waals surface area contributed by atoms with E-state index in [-0.39, 0.29) is 5.91 Å². The van der Waals surface area contributed by atoms with Crippen LogP contribution in [0.2, 0.25) is 0 Å². The molecular formula is C22H21N3O3. The van der Waals surface area contributed by atoms with Crippen LogP contribution >= 0.6 is 0 Å². The molecule has 1 N–H and O–H groups in total. The van der Waals surface area contributed by atoms with Gasteiger partial charge >= 0.3 is 5.97 Å². The van der Waals surface area contributed by atoms with E-state index >= 15 is 0 Å². The van der Waals surface area contributed by atoms with Crippen molar-refractivity contribution in [3.05, 3.63) is 89.7 Å². The number of ether oxygens (including phenoxy) is 1. The van der Waals surface area contributed by atoms with Crippen LogP contribution in [0.3, 0.4) is 0 Å². The molecule has 0 bridgehead atoms. The number of carbonyl (C=O) groups excluding carboxylic acids is 2. The summed E-state index contributed by atoms with van der Waals surface area (Å²) in [5.41, 5.74) is 3.06. The number of hydrogen-bond donors (Lipinski definition) is 1. The average Bonchev–Trinajstić information content (AvgIpc) is 2.74. The van der Waals surface area contributed by atoms with Gasteiger partial charge in [0.15, 0.2) is 0 Å². The van der Waals surface area contributed by atoms with Gasteiger partial charge < -0.3 is 15.0 Å². The number of nitrogens with one attached hydrogen (secondary N) is 1. The van der Waals surface area contributed by atoms with Gasteiger partial charge in [0.2, 0.25) is 0 Å². The zero-order valence-corrected chi connectivity index (χ0v) is 15.8. The molecule has 1 amide bonds. The lowest BCUT2D eigenvalue weighted by Crippen LogP contribution is -2.19. The summed E-state index contributed by atoms with van der Waals surface area (Å²) in [5, 5.41) is 2.76. The molecule has 28 heavy (non-hydrogen) atoms. The summed E-state index contributed by atoms with van der Waals surface area (Å²) >= 11 is 0. The van der Waals surface area contributed by atoms with Crippen LogP contribution in [0.15, 0.2) is 73.1 Å². The lowest BCUT2D eigenvalue weighted by Gasteiger charge is -2.19. The molecule has 3 rings (SSSR count). The second kappa shape index (κ2) is 8.81. The monoisotopic (exact) mass is 375 g/mol. The van der Waals surface area contributed by atoms with Crippen molar-refractivity contribution < 1.29 is 14.3 Å². The topological polar surface area (TPSA) is 71.5 Å². The summed E-state index contributed by atoms with van der Waals surface area (Å²) in [6.45, 7) is 0.693. The fraction of sp³-hybridized carbons (Fsp3) is 0.136. The van der Waals surface area contributed by atoms with Gasteiger partial charge in [0.25, 0.3) is 5.91 Å². The number of aromatic nitrogens is 1. The van der Waals surface area contributed by atoms with Crippen LogP contribution in [0.5, 0.6) is 0 Å². The Hall–Kier alpha value is -3.67. The molecule has 0 aliphatic rings. The molecule has 0 radical (unpaired) electrons. The molecule has 142 valence electrons. The largest absolute Gasteiger partial charge is 0.465 e. The molecule has 6 heteroatoms. The second-order valence-corrected chi connectivity index (χ2v) is 6.26. The summed E-state index contributed by atoms with van der Waals surface area (Å²) < 4.78 is 4.76. The number of pyridine rings is 1. The second-order valence-electron chi connectivity index (χ2n) is 6.26. The third-order valence-electron chi connectivity index (χ3n) is 4.27. The van der Waals surface area contributed by atoms with Gasteiger partial charge in [-0.2, -0.15) is 0 Å². The first kappa shape index (κ1) is 19.1. The summed E-state index contributed by atoms with van der Waals surface area (Å²) in [4.78, 5) is 30.8. The highest BCUT2D eigenvalue weighted by Gasteiger charge is 2.15. The molecule has 0 aliphatic carbocycles. The first-order chi connectivity index (χ1) is 13.6. The number of para-hydroxylation sites is 1. The van der Waals surface area contributed by atoms with Crippen LogP contribution in [-0.4, -0.2) is 31.0 Å². The minimum absolute atomic E-state index is 0.295. The maximum absolute atomic E-state index is 12.7. The van der Waals surface area contributed by atoms with E-state index in [2.05, 4.69) is 10.3 Å². The number of rotatable bonds is 6. The average molecular weight is 375 g/mol. The number of nitrogens with zero attached hydrogens (tertiary/aromatic N) is 2. The molecule has 0 spiro atoms. The van der Waals surface area contributed by atoms with Gasteiger partial charge in [-0.05, 0) is 23.8 Å². The molecule has 0 unspecified atom stereocenters. The Morgan fingerprint density at radius 1 is 1.04 bits per heavy atom. The molecule has 6 nitrogen and oxygen atoms in total. The maximum Gasteiger partial charge on any atom is 0.339 e. The number of carbonyl (C=O) groups is 2. The van der Waals surface area contributed by atoms with E-state index < -0.39 is 5.97 Å². The number of hydrogen-bond acceptors (Lipinski definition) is 5. The molecular weight excluding hydrogens is 354 g/mol. The molecule has 1 heterocycles. The van der Waals surface area contributed by atoms with Crippen molar-refractivity contribution in [3.8, 4) is 0 Å². The first-order valence-corrected chi connectivity index (χ1v) is 8.77. The van der Waals surface area contributed by atoms with Crippen molar-refractivity contribution >= 4 is 23.3 Å². The third-order valence-corrected chi connectivity index (χ3v) is 4.27. The fourth-order valence-electron chi connectivity index (χ4n) is 2.78. The van der Waals surface area contributed by atoms with Crippen molar-refractivity contribution in [2.45, 2.75) is 6.54 Å². The van der Waals surface area contributed by atoms with Gasteiger partial charge in [-0.1, -0.05) is 42.5 Å². The number of amides is 1. The van der Waals surface area contributed by atoms with Gasteiger partial charge in [-0.25, -0.2) is 4.79 Å². The van der Waals surface area contributed by atoms with E-state index in [0.29, 0.717) is 23.4 Å². The standard InChI is InChI=1S/C22H21N3O3/c1-25(15-16-8-4-3-5-9-16)18-12-17(13-23-14-18)21(26)24-20-11-7-6-10-19(20)22(27)28-2/h3-14H,15H2,1-2H3,(H,24,26). The Labute approximate surface area is 163 Å². The zero-order valence-electron chi connectivity index (χ0n) is 15.8. The van der Waals surface area contributed by atoms with Gasteiger partial charge in [0, 0.05) is 19.8 Å². The van der Waals surface area contributed by atoms with E-state index in [1.165, 1.54) is 13.3 Å². The quantitative estimate of drug-likeness (QED) is 0.664. The molecule has 1 aromatic heterocycles. The van der Waals surface area contributed by atoms with Crippen LogP contribution in [0.4, 0.5) is 11.4 Å². The number of methoxy groups -OCH3 is 1. The highest BCUT2D eigenvalue weighted by molar-refractivity contribution is 6.08. The smallest absolute Gasteiger partial charge is 0.339 e. The molecule has 0 saturated carbocycles. The van der Waals surface area contributed by atoms with Crippen molar-refractivity contribution in [3.63, 3.8) is 0 Å². The number of anilines is 2. The Morgan fingerprint density at radius 3 is 2.50 bits per heavy atom. The summed E-state index contributed by atoms with van der Waals surface area (Å²) in [6, 6.07) is 18.5. The highest BCUT2D eigenvalue weighted by atomic mass is 16.5. The van der Waals surface area contributed by atoms with Crippen molar-refractivity contribution in [1.82, 2.24) is 4.98 Å². The van der Waals surface area contributed by atoms with Crippen LogP contribution < -0.4 is 10.2 Å². The predicted octanol–water partition coefficient (Wildman–Crippen LogP) is 3.76. The first-order valence-electron chi connectivity index (χ1n) is 8.77. The Kier molecular flexibility index (Phi) is 6.01. The third kappa shape index (κ3) is 4.54. The van der Waals surface area contributed by atoms with Crippen LogP contribution in [0.1, 0.15) is 26.3 Å². The van der Waals surface area contributed by atoms with Gasteiger partial charge in [0.1, 0.15) is 0 Å². The molecule has 0 atom stereocenters. The van der Waals surface area contributed by atoms with Crippen molar-refractivity contribution in [2.75, 3.05) is 24.4 Å². The Morgan fingerprint density at radius 2 is 1.75 bits per heavy atom. The van der Waals surface area contributed by atoms with Crippen molar-refractivity contribution in [2.24, 2.45) is 0 Å². The lowest BCUT2D eigenvalue weighted by atomic mass is 10.1. The zero-order chi connectivity index (χ0) is 19.9. The highest BCUT2D eigenvalue weighted by Crippen LogP contribution is 2.19. The minimum atomic E-state index is -0.509. The maximum atomic E-state index is 12.7. The summed E-state index contributed by atoms with van der Waals surface area (Å²) in [6.07, 6.45) is 3.21. The van der Waals surface area contributed by atoms with E-state index in [1.54, 1.807) is 36.5 Å². The van der Waals surface area contributed by atoms with E-state index in [9.17, 15) is 9.59 Å². The summed E-state index contributed by atoms with van der Waals surface area (Å²) in [7, 11) is 3.25. The minimum Gasteiger partial charge on any atom is -0.465 e. The molecule has 3 aromatic rings. The van der Waals surface area contributed by atoms with Crippen LogP contribution in [0.25, 0.3) is 0 Å². The molecule has 0 saturated heterocycles. The Balaban J connectivity index is 1.77. The molecule has 0 fully saturated rings. The Bertz CT molecular complexity index is 974.